The lowest BCUT2D eigenvalue weighted by Gasteiger charge is -2.18. The molecule has 0 unspecified atom stereocenters. The van der Waals surface area contributed by atoms with Crippen LogP contribution < -0.4 is 46.3 Å². The van der Waals surface area contributed by atoms with Crippen LogP contribution in [0.4, 0.5) is 21.0 Å². The summed E-state index contributed by atoms with van der Waals surface area (Å²) in [5.74, 6) is 7.87. The molecule has 17 heteroatoms. The first-order chi connectivity index (χ1) is 37.3. The second kappa shape index (κ2) is 29.5. The average molecular weight is 1050 g/mol. The van der Waals surface area contributed by atoms with E-state index in [4.69, 9.17) is 34.3 Å². The van der Waals surface area contributed by atoms with Gasteiger partial charge in [-0.2, -0.15) is 5.10 Å². The summed E-state index contributed by atoms with van der Waals surface area (Å²) in [5, 5.41) is 11.7. The van der Waals surface area contributed by atoms with E-state index in [1.165, 1.54) is 0 Å². The highest BCUT2D eigenvalue weighted by atomic mass is 16.7. The van der Waals surface area contributed by atoms with Crippen LogP contribution in [0.15, 0.2) is 151 Å². The van der Waals surface area contributed by atoms with E-state index in [9.17, 15) is 14.4 Å². The van der Waals surface area contributed by atoms with Gasteiger partial charge in [-0.15, -0.1) is 0 Å². The minimum absolute atomic E-state index is 0.151. The van der Waals surface area contributed by atoms with E-state index in [0.29, 0.717) is 60.7 Å². The number of aryl methyl sites for hydroxylation is 2. The topological polar surface area (TPSA) is 203 Å². The lowest BCUT2D eigenvalue weighted by Crippen LogP contribution is -2.34. The summed E-state index contributed by atoms with van der Waals surface area (Å²) in [6.07, 6.45) is 6.35. The monoisotopic (exact) mass is 1050 g/mol. The van der Waals surface area contributed by atoms with Crippen molar-refractivity contribution < 1.29 is 42.8 Å². The fourth-order valence-electron chi connectivity index (χ4n) is 7.84. The molecule has 6 aromatic carbocycles. The molecule has 0 spiro atoms. The molecule has 77 heavy (non-hydrogen) atoms. The number of aldehydes is 1. The van der Waals surface area contributed by atoms with Crippen LogP contribution in [-0.4, -0.2) is 60.5 Å². The maximum Gasteiger partial charge on any atom is 0.339 e. The zero-order valence-electron chi connectivity index (χ0n) is 45.0. The fourth-order valence-corrected chi connectivity index (χ4v) is 7.84. The molecule has 4 amide bonds. The zero-order chi connectivity index (χ0) is 55.1. The van der Waals surface area contributed by atoms with Crippen LogP contribution in [0, 0.1) is 0 Å². The van der Waals surface area contributed by atoms with E-state index >= 15 is 0 Å². The van der Waals surface area contributed by atoms with Gasteiger partial charge in [-0.1, -0.05) is 88.4 Å². The number of urea groups is 2. The number of rotatable bonds is 21. The molecule has 17 nitrogen and oxygen atoms in total. The third-order valence-corrected chi connectivity index (χ3v) is 11.9. The highest BCUT2D eigenvalue weighted by Gasteiger charge is 2.17. The summed E-state index contributed by atoms with van der Waals surface area (Å²) in [4.78, 5) is 34.9. The molecular weight excluding hydrogens is 977 g/mol. The van der Waals surface area contributed by atoms with Gasteiger partial charge in [0.1, 0.15) is 36.2 Å². The molecule has 0 saturated carbocycles. The molecule has 0 atom stereocenters. The Hall–Kier alpha value is -8.64. The Morgan fingerprint density at radius 2 is 1.03 bits per heavy atom. The maximum atomic E-state index is 12.5. The molecule has 404 valence electrons. The second-order valence-corrected chi connectivity index (χ2v) is 18.2. The molecule has 0 aliphatic rings. The molecule has 0 saturated heterocycles. The number of fused-ring (bicyclic) bond motifs is 2. The first-order valence-corrected chi connectivity index (χ1v) is 25.3. The quantitative estimate of drug-likeness (QED) is 0.00876. The molecule has 0 aliphatic carbocycles. The van der Waals surface area contributed by atoms with Gasteiger partial charge in [-0.3, -0.25) is 10.2 Å². The summed E-state index contributed by atoms with van der Waals surface area (Å²) in [7, 11) is 3.96. The second-order valence-electron chi connectivity index (χ2n) is 18.2. The van der Waals surface area contributed by atoms with E-state index < -0.39 is 12.1 Å². The SMILES string of the molecule is CCOCOc1cc(OCc2ccccc2)c(/C=N/NC(=O)Nc2ccc3c(ccn3C)c2)cc1C(C)C.CCOCOc1cc(OCc2ccccc2)c(C=O)cc1C(C)C.Cn1ccc2cc(NC(=O)NN)ccc21. The largest absolute Gasteiger partial charge is 0.488 e. The van der Waals surface area contributed by atoms with Crippen molar-refractivity contribution in [2.24, 2.45) is 25.0 Å². The molecule has 8 rings (SSSR count). The molecule has 0 bridgehead atoms. The number of hydrogen-bond acceptors (Lipinski definition) is 11. The summed E-state index contributed by atoms with van der Waals surface area (Å²) < 4.78 is 38.3. The number of ether oxygens (including phenoxy) is 6. The summed E-state index contributed by atoms with van der Waals surface area (Å²) in [5.41, 5.74) is 13.4. The van der Waals surface area contributed by atoms with Crippen LogP contribution in [0.25, 0.3) is 21.8 Å². The summed E-state index contributed by atoms with van der Waals surface area (Å²) >= 11 is 0. The Morgan fingerprint density at radius 1 is 0.571 bits per heavy atom. The van der Waals surface area contributed by atoms with Crippen molar-refractivity contribution in [1.29, 1.82) is 0 Å². The van der Waals surface area contributed by atoms with Gasteiger partial charge in [0, 0.05) is 90.6 Å². The van der Waals surface area contributed by atoms with Crippen molar-refractivity contribution in [3.63, 3.8) is 0 Å². The number of hydrazone groups is 1. The third-order valence-electron chi connectivity index (χ3n) is 11.9. The standard InChI is InChI=1S/C30H34N4O4.C20H24O4.C10H12N4O/c1-5-36-20-38-29-17-28(37-19-22-9-7-6-8-10-22)24(16-26(29)21(2)3)18-31-33-30(35)32-25-11-12-27-23(15-25)13-14-34(27)4;1-4-22-14-24-20-11-19(17(12-21)10-18(20)15(2)3)23-13-16-8-6-5-7-9-16;1-14-5-4-7-6-8(2-3-9(7)14)12-10(15)13-11/h6-18,21H,5,19-20H2,1-4H3,(H2,32,33,35);5-12,15H,4,13-14H2,1-3H3;2-6H,11H2,1H3,(H2,12,13,15)/b31-18+;;. The third kappa shape index (κ3) is 17.2. The minimum Gasteiger partial charge on any atom is -0.488 e. The lowest BCUT2D eigenvalue weighted by atomic mass is 9.99. The number of hydrogen-bond donors (Lipinski definition) is 5. The molecular formula is C60H70N8O9. The van der Waals surface area contributed by atoms with Crippen molar-refractivity contribution in [2.45, 2.75) is 66.6 Å². The van der Waals surface area contributed by atoms with E-state index in [1.54, 1.807) is 12.3 Å². The van der Waals surface area contributed by atoms with Gasteiger partial charge in [0.15, 0.2) is 19.9 Å². The zero-order valence-corrected chi connectivity index (χ0v) is 45.0. The number of anilines is 2. The Balaban J connectivity index is 0.000000209. The molecule has 0 aliphatic heterocycles. The number of hydrazine groups is 1. The van der Waals surface area contributed by atoms with Crippen molar-refractivity contribution in [3.8, 4) is 23.0 Å². The average Bonchev–Trinajstić information content (AvgIpc) is 4.00. The van der Waals surface area contributed by atoms with Crippen molar-refractivity contribution in [1.82, 2.24) is 20.0 Å². The van der Waals surface area contributed by atoms with Crippen LogP contribution in [0.3, 0.4) is 0 Å². The van der Waals surface area contributed by atoms with E-state index in [-0.39, 0.29) is 25.4 Å². The van der Waals surface area contributed by atoms with Gasteiger partial charge in [-0.25, -0.2) is 20.9 Å². The number of nitrogens with one attached hydrogen (secondary N) is 4. The normalized spacial score (nSPS) is 10.9. The summed E-state index contributed by atoms with van der Waals surface area (Å²) in [6, 6.07) is 41.7. The Kier molecular flexibility index (Phi) is 22.0. The van der Waals surface area contributed by atoms with Crippen LogP contribution in [-0.2, 0) is 36.8 Å². The van der Waals surface area contributed by atoms with Gasteiger partial charge < -0.3 is 48.2 Å². The fraction of sp³-hybridized carbons (Fsp3) is 0.267. The van der Waals surface area contributed by atoms with E-state index in [2.05, 4.69) is 48.9 Å². The van der Waals surface area contributed by atoms with Gasteiger partial charge in [0.05, 0.1) is 11.8 Å². The number of amides is 4. The number of aromatic nitrogens is 2. The Labute approximate surface area is 450 Å². The highest BCUT2D eigenvalue weighted by Crippen LogP contribution is 2.35. The van der Waals surface area contributed by atoms with Crippen LogP contribution in [0.5, 0.6) is 23.0 Å². The Morgan fingerprint density at radius 3 is 1.47 bits per heavy atom. The molecule has 2 aromatic heterocycles. The first-order valence-electron chi connectivity index (χ1n) is 25.3. The predicted molar refractivity (Wildman–Crippen MR) is 304 cm³/mol. The van der Waals surface area contributed by atoms with Gasteiger partial charge in [-0.05, 0) is 109 Å². The molecule has 0 radical (unpaired) electrons. The molecule has 2 heterocycles. The number of carbonyl (C=O) groups excluding carboxylic acids is 3. The van der Waals surface area contributed by atoms with Crippen molar-refractivity contribution >= 4 is 57.7 Å². The smallest absolute Gasteiger partial charge is 0.339 e. The highest BCUT2D eigenvalue weighted by molar-refractivity contribution is 5.94. The van der Waals surface area contributed by atoms with Crippen molar-refractivity contribution in [3.05, 3.63) is 179 Å². The summed E-state index contributed by atoms with van der Waals surface area (Å²) in [6.45, 7) is 14.4. The number of nitrogens with zero attached hydrogens (tertiary/aromatic N) is 3. The lowest BCUT2D eigenvalue weighted by molar-refractivity contribution is 0.0213. The number of benzene rings is 6. The van der Waals surface area contributed by atoms with E-state index in [1.807, 2.05) is 182 Å². The number of nitrogens with two attached hydrogens (primary N) is 1. The van der Waals surface area contributed by atoms with Gasteiger partial charge in [0.25, 0.3) is 0 Å². The van der Waals surface area contributed by atoms with E-state index in [0.717, 1.165) is 61.6 Å². The predicted octanol–water partition coefficient (Wildman–Crippen LogP) is 12.2. The number of carbonyl (C=O) groups is 3. The Bertz CT molecular complexity index is 3190. The maximum absolute atomic E-state index is 12.5. The molecule has 0 fully saturated rings. The van der Waals surface area contributed by atoms with Gasteiger partial charge >= 0.3 is 12.1 Å². The molecule has 8 aromatic rings. The van der Waals surface area contributed by atoms with Crippen molar-refractivity contribution in [2.75, 3.05) is 37.4 Å². The van der Waals surface area contributed by atoms with Gasteiger partial charge in [0.2, 0.25) is 0 Å². The first kappa shape index (κ1) is 57.6. The molecule has 6 N–H and O–H groups in total. The van der Waals surface area contributed by atoms with Crippen LogP contribution in [0.2, 0.25) is 0 Å². The minimum atomic E-state index is -0.441. The van der Waals surface area contributed by atoms with Crippen LogP contribution >= 0.6 is 0 Å². The van der Waals surface area contributed by atoms with Crippen LogP contribution in [0.1, 0.15) is 91.6 Å².